The van der Waals surface area contributed by atoms with Crippen molar-refractivity contribution in [2.75, 3.05) is 5.75 Å². The summed E-state index contributed by atoms with van der Waals surface area (Å²) in [6.45, 7) is 1.94. The van der Waals surface area contributed by atoms with Crippen LogP contribution < -0.4 is 11.3 Å². The smallest absolute Gasteiger partial charge is 0.128 e. The predicted octanol–water partition coefficient (Wildman–Crippen LogP) is 4.19. The van der Waals surface area contributed by atoms with Crippen LogP contribution in [0.2, 0.25) is 0 Å². The number of thioether (sulfide) groups is 1. The van der Waals surface area contributed by atoms with Crippen LogP contribution in [-0.2, 0) is 0 Å². The monoisotopic (exact) mass is 354 g/mol. The number of benzene rings is 2. The fraction of sp³-hybridized carbons (Fsp3) is 0.200. The third-order valence-corrected chi connectivity index (χ3v) is 4.52. The van der Waals surface area contributed by atoms with E-state index in [1.807, 2.05) is 37.3 Å². The largest absolute Gasteiger partial charge is 0.271 e. The minimum atomic E-state index is -0.228. The molecular weight excluding hydrogens is 339 g/mol. The number of hydrogen-bond donors (Lipinski definition) is 2. The molecule has 0 aromatic heterocycles. The van der Waals surface area contributed by atoms with E-state index in [4.69, 9.17) is 5.84 Å². The molecular formula is C15H16BrFN2S. The normalized spacial score (nSPS) is 12.4. The van der Waals surface area contributed by atoms with Gasteiger partial charge in [0.2, 0.25) is 0 Å². The summed E-state index contributed by atoms with van der Waals surface area (Å²) >= 11 is 5.08. The number of rotatable bonds is 5. The van der Waals surface area contributed by atoms with Crippen molar-refractivity contribution in [3.8, 4) is 0 Å². The molecule has 0 bridgehead atoms. The van der Waals surface area contributed by atoms with E-state index < -0.39 is 0 Å². The molecule has 1 atom stereocenters. The molecule has 0 radical (unpaired) electrons. The van der Waals surface area contributed by atoms with E-state index in [0.29, 0.717) is 11.3 Å². The molecule has 0 fully saturated rings. The lowest BCUT2D eigenvalue weighted by atomic mass is 10.1. The molecule has 20 heavy (non-hydrogen) atoms. The second-order valence-electron chi connectivity index (χ2n) is 4.51. The molecule has 5 heteroatoms. The lowest BCUT2D eigenvalue weighted by Crippen LogP contribution is -2.30. The SMILES string of the molecule is Cc1ccc(F)c(C(CSc2cccc(Br)c2)NN)c1. The quantitative estimate of drug-likeness (QED) is 0.480. The maximum absolute atomic E-state index is 13.9. The molecule has 0 heterocycles. The van der Waals surface area contributed by atoms with Gasteiger partial charge < -0.3 is 0 Å². The van der Waals surface area contributed by atoms with Crippen molar-refractivity contribution in [2.45, 2.75) is 17.9 Å². The highest BCUT2D eigenvalue weighted by Gasteiger charge is 2.15. The maximum atomic E-state index is 13.9. The summed E-state index contributed by atoms with van der Waals surface area (Å²) in [5.41, 5.74) is 4.33. The Hall–Kier alpha value is -0.880. The minimum Gasteiger partial charge on any atom is -0.271 e. The Kier molecular flexibility index (Phi) is 5.60. The van der Waals surface area contributed by atoms with Crippen LogP contribution in [0.4, 0.5) is 4.39 Å². The number of aryl methyl sites for hydroxylation is 1. The summed E-state index contributed by atoms with van der Waals surface area (Å²) in [7, 11) is 0. The molecule has 2 nitrogen and oxygen atoms in total. The number of hydrazine groups is 1. The fourth-order valence-corrected chi connectivity index (χ4v) is 3.46. The van der Waals surface area contributed by atoms with Gasteiger partial charge in [0, 0.05) is 20.7 Å². The van der Waals surface area contributed by atoms with Crippen molar-refractivity contribution in [3.63, 3.8) is 0 Å². The second kappa shape index (κ2) is 7.22. The highest BCUT2D eigenvalue weighted by atomic mass is 79.9. The van der Waals surface area contributed by atoms with Crippen LogP contribution in [0.3, 0.4) is 0 Å². The van der Waals surface area contributed by atoms with Crippen molar-refractivity contribution >= 4 is 27.7 Å². The van der Waals surface area contributed by atoms with E-state index in [9.17, 15) is 4.39 Å². The average molecular weight is 355 g/mol. The zero-order chi connectivity index (χ0) is 14.5. The first-order chi connectivity index (χ1) is 9.60. The van der Waals surface area contributed by atoms with Gasteiger partial charge in [-0.2, -0.15) is 0 Å². The van der Waals surface area contributed by atoms with Crippen LogP contribution in [0.5, 0.6) is 0 Å². The fourth-order valence-electron chi connectivity index (χ4n) is 1.89. The van der Waals surface area contributed by atoms with E-state index in [1.165, 1.54) is 6.07 Å². The number of nitrogens with two attached hydrogens (primary N) is 1. The van der Waals surface area contributed by atoms with Gasteiger partial charge in [0.15, 0.2) is 0 Å². The molecule has 2 rings (SSSR count). The first kappa shape index (κ1) is 15.5. The maximum Gasteiger partial charge on any atom is 0.128 e. The Bertz CT molecular complexity index is 592. The molecule has 0 saturated carbocycles. The third-order valence-electron chi connectivity index (χ3n) is 2.94. The lowest BCUT2D eigenvalue weighted by molar-refractivity contribution is 0.546. The molecule has 0 spiro atoms. The van der Waals surface area contributed by atoms with Gasteiger partial charge >= 0.3 is 0 Å². The third kappa shape index (κ3) is 4.06. The molecule has 106 valence electrons. The Labute approximate surface area is 131 Å². The molecule has 3 N–H and O–H groups in total. The highest BCUT2D eigenvalue weighted by molar-refractivity contribution is 9.10. The van der Waals surface area contributed by atoms with E-state index in [2.05, 4.69) is 21.4 Å². The van der Waals surface area contributed by atoms with Crippen LogP contribution in [0.25, 0.3) is 0 Å². The second-order valence-corrected chi connectivity index (χ2v) is 6.52. The van der Waals surface area contributed by atoms with Crippen molar-refractivity contribution < 1.29 is 4.39 Å². The molecule has 1 unspecified atom stereocenters. The van der Waals surface area contributed by atoms with Gasteiger partial charge in [0.25, 0.3) is 0 Å². The zero-order valence-corrected chi connectivity index (χ0v) is 13.5. The van der Waals surface area contributed by atoms with Gasteiger partial charge in [-0.25, -0.2) is 4.39 Å². The Morgan fingerprint density at radius 1 is 1.30 bits per heavy atom. The minimum absolute atomic E-state index is 0.223. The van der Waals surface area contributed by atoms with Gasteiger partial charge in [0.1, 0.15) is 5.82 Å². The number of hydrogen-bond acceptors (Lipinski definition) is 3. The molecule has 0 saturated heterocycles. The standard InChI is InChI=1S/C15H16BrFN2S/c1-10-5-6-14(17)13(7-10)15(19-18)9-20-12-4-2-3-11(16)8-12/h2-8,15,19H,9,18H2,1H3. The van der Waals surface area contributed by atoms with Gasteiger partial charge in [0.05, 0.1) is 6.04 Å². The van der Waals surface area contributed by atoms with E-state index >= 15 is 0 Å². The summed E-state index contributed by atoms with van der Waals surface area (Å²) in [6, 6.07) is 12.9. The summed E-state index contributed by atoms with van der Waals surface area (Å²) in [5.74, 6) is 6.01. The highest BCUT2D eigenvalue weighted by Crippen LogP contribution is 2.27. The van der Waals surface area contributed by atoms with Gasteiger partial charge in [-0.05, 0) is 31.2 Å². The first-order valence-corrected chi connectivity index (χ1v) is 7.98. The van der Waals surface area contributed by atoms with Crippen LogP contribution in [0.15, 0.2) is 51.8 Å². The number of nitrogens with one attached hydrogen (secondary N) is 1. The Balaban J connectivity index is 2.11. The van der Waals surface area contributed by atoms with Crippen molar-refractivity contribution in [2.24, 2.45) is 5.84 Å². The van der Waals surface area contributed by atoms with Gasteiger partial charge in [-0.15, -0.1) is 11.8 Å². The van der Waals surface area contributed by atoms with E-state index in [0.717, 1.165) is 14.9 Å². The van der Waals surface area contributed by atoms with Gasteiger partial charge in [-0.1, -0.05) is 39.7 Å². The molecule has 0 aliphatic carbocycles. The molecule has 0 aliphatic heterocycles. The van der Waals surface area contributed by atoms with Crippen LogP contribution in [-0.4, -0.2) is 5.75 Å². The summed E-state index contributed by atoms with van der Waals surface area (Å²) in [6.07, 6.45) is 0. The molecule has 2 aromatic carbocycles. The van der Waals surface area contributed by atoms with Crippen LogP contribution in [0.1, 0.15) is 17.2 Å². The zero-order valence-electron chi connectivity index (χ0n) is 11.1. The van der Waals surface area contributed by atoms with Crippen LogP contribution >= 0.6 is 27.7 Å². The summed E-state index contributed by atoms with van der Waals surface area (Å²) in [4.78, 5) is 1.12. The Morgan fingerprint density at radius 3 is 2.80 bits per heavy atom. The van der Waals surface area contributed by atoms with Gasteiger partial charge in [-0.3, -0.25) is 11.3 Å². The van der Waals surface area contributed by atoms with Crippen LogP contribution in [0, 0.1) is 12.7 Å². The topological polar surface area (TPSA) is 38.0 Å². The number of halogens is 2. The van der Waals surface area contributed by atoms with Crippen molar-refractivity contribution in [1.82, 2.24) is 5.43 Å². The summed E-state index contributed by atoms with van der Waals surface area (Å²) < 4.78 is 14.9. The average Bonchev–Trinajstić information content (AvgIpc) is 2.43. The van der Waals surface area contributed by atoms with Crippen molar-refractivity contribution in [3.05, 3.63) is 63.9 Å². The van der Waals surface area contributed by atoms with Crippen molar-refractivity contribution in [1.29, 1.82) is 0 Å². The predicted molar refractivity (Wildman–Crippen MR) is 86.1 cm³/mol. The van der Waals surface area contributed by atoms with E-state index in [-0.39, 0.29) is 11.9 Å². The first-order valence-electron chi connectivity index (χ1n) is 6.20. The van der Waals surface area contributed by atoms with E-state index in [1.54, 1.807) is 17.8 Å². The Morgan fingerprint density at radius 2 is 2.10 bits per heavy atom. The molecule has 2 aromatic rings. The lowest BCUT2D eigenvalue weighted by Gasteiger charge is -2.17. The molecule has 0 amide bonds. The molecule has 0 aliphatic rings. The summed E-state index contributed by atoms with van der Waals surface area (Å²) in [5, 5.41) is 0.